The lowest BCUT2D eigenvalue weighted by molar-refractivity contribution is 0.473. The fourth-order valence-corrected chi connectivity index (χ4v) is 5.35. The first-order valence-corrected chi connectivity index (χ1v) is 11.3. The van der Waals surface area contributed by atoms with Gasteiger partial charge in [0.25, 0.3) is 0 Å². The highest BCUT2D eigenvalue weighted by Crippen LogP contribution is 2.41. The van der Waals surface area contributed by atoms with Crippen molar-refractivity contribution in [3.63, 3.8) is 0 Å². The fraction of sp³-hybridized carbons (Fsp3) is 0.478. The molecule has 4 rings (SSSR count). The Balaban J connectivity index is 1.93. The smallest absolute Gasteiger partial charge is 0.120 e. The van der Waals surface area contributed by atoms with Crippen LogP contribution in [0, 0.1) is 13.8 Å². The van der Waals surface area contributed by atoms with Gasteiger partial charge < -0.3 is 4.90 Å². The van der Waals surface area contributed by atoms with Crippen LogP contribution in [0.25, 0.3) is 22.3 Å². The topological polar surface area (TPSA) is 34.0 Å². The Morgan fingerprint density at radius 1 is 1.03 bits per heavy atom. The van der Waals surface area contributed by atoms with Crippen LogP contribution in [-0.4, -0.2) is 27.4 Å². The predicted octanol–water partition coefficient (Wildman–Crippen LogP) is 6.81. The summed E-state index contributed by atoms with van der Waals surface area (Å²) >= 11 is 12.8. The maximum atomic E-state index is 6.61. The second kappa shape index (κ2) is 8.16. The molecule has 2 aromatic heterocycles. The number of pyridine rings is 1. The third-order valence-corrected chi connectivity index (χ3v) is 6.36. The molecule has 0 N–H and O–H groups in total. The molecule has 0 fully saturated rings. The Morgan fingerprint density at radius 3 is 2.41 bits per heavy atom. The van der Waals surface area contributed by atoms with Crippen molar-refractivity contribution in [2.45, 2.75) is 66.0 Å². The summed E-state index contributed by atoms with van der Waals surface area (Å²) in [4.78, 5) is 7.49. The molecular formula is C23H28Cl2N4. The lowest BCUT2D eigenvalue weighted by Gasteiger charge is -2.37. The van der Waals surface area contributed by atoms with Gasteiger partial charge in [-0.1, -0.05) is 49.9 Å². The number of halogens is 2. The number of benzene rings is 1. The molecule has 4 nitrogen and oxygen atoms in total. The zero-order chi connectivity index (χ0) is 20.7. The van der Waals surface area contributed by atoms with E-state index >= 15 is 0 Å². The summed E-state index contributed by atoms with van der Waals surface area (Å²) in [7, 11) is 0. The summed E-state index contributed by atoms with van der Waals surface area (Å²) < 4.78 is 2.11. The Kier molecular flexibility index (Phi) is 5.76. The van der Waals surface area contributed by atoms with Crippen LogP contribution in [0.15, 0.2) is 18.2 Å². The molecule has 0 saturated heterocycles. The van der Waals surface area contributed by atoms with Crippen molar-refractivity contribution >= 4 is 39.9 Å². The van der Waals surface area contributed by atoms with Crippen LogP contribution < -0.4 is 4.90 Å². The van der Waals surface area contributed by atoms with Gasteiger partial charge in [0.05, 0.1) is 17.3 Å². The number of hydrogen-bond donors (Lipinski definition) is 0. The van der Waals surface area contributed by atoms with Crippen molar-refractivity contribution < 1.29 is 0 Å². The standard InChI is InChI=1S/C23H28Cl2N4/c1-5-7-17(8-6-2)28-9-10-29-23-19(28)12-15(4)26-22(23)21(27-29)20-14(3)11-16(24)13-18(20)25/h11-13,17H,5-10H2,1-4H3. The van der Waals surface area contributed by atoms with Crippen LogP contribution in [0.3, 0.4) is 0 Å². The highest BCUT2D eigenvalue weighted by Gasteiger charge is 2.29. The van der Waals surface area contributed by atoms with E-state index in [-0.39, 0.29) is 0 Å². The first kappa shape index (κ1) is 20.5. The molecule has 0 saturated carbocycles. The molecule has 0 spiro atoms. The van der Waals surface area contributed by atoms with Gasteiger partial charge in [0.2, 0.25) is 0 Å². The van der Waals surface area contributed by atoms with Crippen molar-refractivity contribution in [3.05, 3.63) is 39.5 Å². The SMILES string of the molecule is CCCC(CCC)N1CCn2nc(-c3c(C)cc(Cl)cc3Cl)c3nc(C)cc1c32. The molecule has 0 bridgehead atoms. The average molecular weight is 431 g/mol. The number of nitrogens with zero attached hydrogens (tertiary/aromatic N) is 4. The molecule has 1 aromatic carbocycles. The summed E-state index contributed by atoms with van der Waals surface area (Å²) in [6.45, 7) is 10.5. The largest absolute Gasteiger partial charge is 0.365 e. The summed E-state index contributed by atoms with van der Waals surface area (Å²) in [6.07, 6.45) is 4.80. The van der Waals surface area contributed by atoms with Crippen LogP contribution in [0.1, 0.15) is 50.8 Å². The second-order valence-corrected chi connectivity index (χ2v) is 8.90. The maximum Gasteiger partial charge on any atom is 0.120 e. The maximum absolute atomic E-state index is 6.61. The second-order valence-electron chi connectivity index (χ2n) is 8.06. The van der Waals surface area contributed by atoms with Crippen molar-refractivity contribution in [3.8, 4) is 11.3 Å². The van der Waals surface area contributed by atoms with Gasteiger partial charge in [-0.2, -0.15) is 5.10 Å². The van der Waals surface area contributed by atoms with Gasteiger partial charge in [0.1, 0.15) is 16.7 Å². The minimum atomic E-state index is 0.558. The summed E-state index contributed by atoms with van der Waals surface area (Å²) in [5.41, 5.74) is 7.12. The number of hydrogen-bond acceptors (Lipinski definition) is 3. The third-order valence-electron chi connectivity index (χ3n) is 5.84. The van der Waals surface area contributed by atoms with Crippen LogP contribution in [0.5, 0.6) is 0 Å². The molecule has 29 heavy (non-hydrogen) atoms. The van der Waals surface area contributed by atoms with Gasteiger partial charge in [-0.3, -0.25) is 4.68 Å². The van der Waals surface area contributed by atoms with Crippen LogP contribution >= 0.6 is 23.2 Å². The Labute approximate surface area is 182 Å². The molecule has 3 aromatic rings. The lowest BCUT2D eigenvalue weighted by atomic mass is 10.0. The van der Waals surface area contributed by atoms with E-state index in [0.29, 0.717) is 16.1 Å². The molecule has 0 unspecified atom stereocenters. The minimum Gasteiger partial charge on any atom is -0.365 e. The Bertz CT molecular complexity index is 1030. The highest BCUT2D eigenvalue weighted by molar-refractivity contribution is 6.37. The molecule has 0 atom stereocenters. The van der Waals surface area contributed by atoms with Crippen LogP contribution in [-0.2, 0) is 6.54 Å². The molecule has 1 aliphatic rings. The van der Waals surface area contributed by atoms with Crippen molar-refractivity contribution in [2.75, 3.05) is 11.4 Å². The quantitative estimate of drug-likeness (QED) is 0.430. The van der Waals surface area contributed by atoms with Gasteiger partial charge in [0, 0.05) is 28.9 Å². The average Bonchev–Trinajstić information content (AvgIpc) is 3.00. The van der Waals surface area contributed by atoms with Gasteiger partial charge >= 0.3 is 0 Å². The van der Waals surface area contributed by atoms with E-state index in [1.807, 2.05) is 13.0 Å². The lowest BCUT2D eigenvalue weighted by Crippen LogP contribution is -2.40. The monoisotopic (exact) mass is 430 g/mol. The summed E-state index contributed by atoms with van der Waals surface area (Å²) in [6, 6.07) is 6.51. The van der Waals surface area contributed by atoms with Crippen molar-refractivity contribution in [1.29, 1.82) is 0 Å². The van der Waals surface area contributed by atoms with Crippen molar-refractivity contribution in [1.82, 2.24) is 14.8 Å². The van der Waals surface area contributed by atoms with E-state index in [0.717, 1.165) is 46.6 Å². The number of aromatic nitrogens is 3. The van der Waals surface area contributed by atoms with E-state index < -0.39 is 0 Å². The van der Waals surface area contributed by atoms with Gasteiger partial charge in [-0.15, -0.1) is 0 Å². The van der Waals surface area contributed by atoms with E-state index in [1.165, 1.54) is 31.4 Å². The molecule has 3 heterocycles. The van der Waals surface area contributed by atoms with Gasteiger partial charge in [-0.05, 0) is 50.5 Å². The summed E-state index contributed by atoms with van der Waals surface area (Å²) in [5, 5.41) is 6.23. The summed E-state index contributed by atoms with van der Waals surface area (Å²) in [5.74, 6) is 0. The Hall–Kier alpha value is -1.78. The van der Waals surface area contributed by atoms with Gasteiger partial charge in [-0.25, -0.2) is 4.98 Å². The van der Waals surface area contributed by atoms with Crippen LogP contribution in [0.4, 0.5) is 5.69 Å². The molecule has 6 heteroatoms. The third kappa shape index (κ3) is 3.62. The van der Waals surface area contributed by atoms with Gasteiger partial charge in [0.15, 0.2) is 0 Å². The fourth-order valence-electron chi connectivity index (χ4n) is 4.66. The number of anilines is 1. The predicted molar refractivity (Wildman–Crippen MR) is 123 cm³/mol. The molecular weight excluding hydrogens is 403 g/mol. The van der Waals surface area contributed by atoms with Crippen LogP contribution in [0.2, 0.25) is 10.0 Å². The van der Waals surface area contributed by atoms with Crippen molar-refractivity contribution in [2.24, 2.45) is 0 Å². The van der Waals surface area contributed by atoms with E-state index in [2.05, 4.69) is 36.4 Å². The number of aryl methyl sites for hydroxylation is 2. The van der Waals surface area contributed by atoms with E-state index in [4.69, 9.17) is 33.3 Å². The van der Waals surface area contributed by atoms with E-state index in [9.17, 15) is 0 Å². The molecule has 0 amide bonds. The Morgan fingerprint density at radius 2 is 1.76 bits per heavy atom. The van der Waals surface area contributed by atoms with E-state index in [1.54, 1.807) is 6.07 Å². The normalized spacial score (nSPS) is 13.7. The zero-order valence-corrected chi connectivity index (χ0v) is 19.1. The molecule has 154 valence electrons. The molecule has 0 aliphatic carbocycles. The molecule has 0 radical (unpaired) electrons. The molecule has 1 aliphatic heterocycles. The first-order chi connectivity index (χ1) is 13.9. The first-order valence-electron chi connectivity index (χ1n) is 10.5. The number of rotatable bonds is 6. The minimum absolute atomic E-state index is 0.558. The highest BCUT2D eigenvalue weighted by atomic mass is 35.5. The zero-order valence-electron chi connectivity index (χ0n) is 17.6.